The Morgan fingerprint density at radius 1 is 1.24 bits per heavy atom. The second kappa shape index (κ2) is 6.43. The molecular formula is C14H21N5OS. The molecule has 1 N–H and O–H groups in total. The zero-order valence-electron chi connectivity index (χ0n) is 13.1. The molecular weight excluding hydrogens is 286 g/mol. The van der Waals surface area contributed by atoms with Gasteiger partial charge in [0, 0.05) is 24.9 Å². The number of hydrogen-bond donors (Lipinski definition) is 1. The van der Waals surface area contributed by atoms with Gasteiger partial charge in [0.1, 0.15) is 16.7 Å². The van der Waals surface area contributed by atoms with E-state index >= 15 is 0 Å². The Morgan fingerprint density at radius 2 is 2.00 bits per heavy atom. The second-order valence-corrected chi connectivity index (χ2v) is 6.75. The molecule has 0 aliphatic heterocycles. The van der Waals surface area contributed by atoms with Crippen molar-refractivity contribution in [3.8, 4) is 0 Å². The van der Waals surface area contributed by atoms with E-state index in [2.05, 4.69) is 53.2 Å². The summed E-state index contributed by atoms with van der Waals surface area (Å²) in [6, 6.07) is 1.91. The molecule has 0 saturated heterocycles. The fourth-order valence-electron chi connectivity index (χ4n) is 1.57. The van der Waals surface area contributed by atoms with E-state index < -0.39 is 0 Å². The quantitative estimate of drug-likeness (QED) is 0.848. The molecule has 7 heteroatoms. The first kappa shape index (κ1) is 15.8. The van der Waals surface area contributed by atoms with Gasteiger partial charge in [-0.15, -0.1) is 10.2 Å². The van der Waals surface area contributed by atoms with E-state index in [9.17, 15) is 0 Å². The fourth-order valence-corrected chi connectivity index (χ4v) is 2.29. The Labute approximate surface area is 129 Å². The maximum Gasteiger partial charge on any atom is 0.282 e. The van der Waals surface area contributed by atoms with Crippen LogP contribution in [0.3, 0.4) is 0 Å². The second-order valence-electron chi connectivity index (χ2n) is 5.78. The number of aromatic nitrogens is 4. The first-order valence-corrected chi connectivity index (χ1v) is 7.81. The van der Waals surface area contributed by atoms with Gasteiger partial charge in [0.15, 0.2) is 0 Å². The van der Waals surface area contributed by atoms with E-state index in [1.165, 1.54) is 11.8 Å². The summed E-state index contributed by atoms with van der Waals surface area (Å²) in [6.07, 6.45) is 1.04. The van der Waals surface area contributed by atoms with Gasteiger partial charge in [-0.3, -0.25) is 0 Å². The molecule has 0 aromatic carbocycles. The van der Waals surface area contributed by atoms with Gasteiger partial charge in [-0.05, 0) is 18.2 Å². The predicted octanol–water partition coefficient (Wildman–Crippen LogP) is 3.44. The maximum absolute atomic E-state index is 5.39. The molecule has 21 heavy (non-hydrogen) atoms. The third-order valence-electron chi connectivity index (χ3n) is 2.63. The number of anilines is 1. The molecule has 0 saturated carbocycles. The van der Waals surface area contributed by atoms with Crippen molar-refractivity contribution in [1.29, 1.82) is 0 Å². The minimum Gasteiger partial charge on any atom is -0.416 e. The normalized spacial score (nSPS) is 11.7. The molecule has 0 radical (unpaired) electrons. The molecule has 6 nitrogen and oxygen atoms in total. The molecule has 0 amide bonds. The van der Waals surface area contributed by atoms with Crippen LogP contribution in [-0.2, 0) is 5.41 Å². The summed E-state index contributed by atoms with van der Waals surface area (Å²) in [5.74, 6) is 2.17. The van der Waals surface area contributed by atoms with Crippen LogP contribution in [0.4, 0.5) is 5.82 Å². The number of hydrogen-bond acceptors (Lipinski definition) is 7. The van der Waals surface area contributed by atoms with Gasteiger partial charge >= 0.3 is 0 Å². The Bertz CT molecular complexity index is 606. The van der Waals surface area contributed by atoms with Gasteiger partial charge in [-0.2, -0.15) is 0 Å². The van der Waals surface area contributed by atoms with Crippen molar-refractivity contribution in [3.63, 3.8) is 0 Å². The molecule has 114 valence electrons. The molecule has 2 rings (SSSR count). The summed E-state index contributed by atoms with van der Waals surface area (Å²) < 4.78 is 5.39. The molecule has 0 fully saturated rings. The molecule has 0 aliphatic carbocycles. The van der Waals surface area contributed by atoms with E-state index in [-0.39, 0.29) is 5.41 Å². The summed E-state index contributed by atoms with van der Waals surface area (Å²) in [4.78, 5) is 9.19. The first-order chi connectivity index (χ1) is 9.88. The van der Waals surface area contributed by atoms with E-state index in [0.717, 1.165) is 29.6 Å². The third-order valence-corrected chi connectivity index (χ3v) is 3.39. The fraction of sp³-hybridized carbons (Fsp3) is 0.571. The predicted molar refractivity (Wildman–Crippen MR) is 82.7 cm³/mol. The van der Waals surface area contributed by atoms with Crippen molar-refractivity contribution in [1.82, 2.24) is 20.2 Å². The highest BCUT2D eigenvalue weighted by Gasteiger charge is 2.20. The molecule has 0 atom stereocenters. The van der Waals surface area contributed by atoms with Crippen molar-refractivity contribution in [2.24, 2.45) is 0 Å². The Morgan fingerprint density at radius 3 is 2.57 bits per heavy atom. The third kappa shape index (κ3) is 4.42. The van der Waals surface area contributed by atoms with Crippen molar-refractivity contribution in [2.75, 3.05) is 11.9 Å². The van der Waals surface area contributed by atoms with Crippen LogP contribution in [0.1, 0.15) is 45.8 Å². The van der Waals surface area contributed by atoms with Crippen molar-refractivity contribution < 1.29 is 4.42 Å². The lowest BCUT2D eigenvalue weighted by Gasteiger charge is -2.18. The zero-order chi connectivity index (χ0) is 15.5. The summed E-state index contributed by atoms with van der Waals surface area (Å²) >= 11 is 1.35. The van der Waals surface area contributed by atoms with Crippen LogP contribution in [0, 0.1) is 6.92 Å². The van der Waals surface area contributed by atoms with Crippen LogP contribution < -0.4 is 5.32 Å². The summed E-state index contributed by atoms with van der Waals surface area (Å²) in [5, 5.41) is 12.4. The molecule has 2 aromatic rings. The van der Waals surface area contributed by atoms with E-state index in [1.54, 1.807) is 6.92 Å². The molecule has 0 aliphatic rings. The van der Waals surface area contributed by atoms with Crippen LogP contribution in [0.2, 0.25) is 0 Å². The highest BCUT2D eigenvalue weighted by molar-refractivity contribution is 7.99. The van der Waals surface area contributed by atoms with E-state index in [4.69, 9.17) is 4.42 Å². The number of nitrogens with zero attached hydrogens (tertiary/aromatic N) is 4. The molecule has 0 unspecified atom stereocenters. The van der Waals surface area contributed by atoms with Crippen molar-refractivity contribution in [2.45, 2.75) is 56.7 Å². The maximum atomic E-state index is 5.39. The van der Waals surface area contributed by atoms with Crippen LogP contribution in [0.25, 0.3) is 0 Å². The van der Waals surface area contributed by atoms with Gasteiger partial charge in [0.05, 0.1) is 0 Å². The standard InChI is InChI=1S/C14H21N5OS/c1-6-7-15-10-8-11(17-12(16-10)14(3,4)5)21-13-19-18-9(2)20-13/h8H,6-7H2,1-5H3,(H,15,16,17). The van der Waals surface area contributed by atoms with Crippen molar-refractivity contribution in [3.05, 3.63) is 17.8 Å². The SMILES string of the molecule is CCCNc1cc(Sc2nnc(C)o2)nc(C(C)(C)C)n1. The van der Waals surface area contributed by atoms with Crippen LogP contribution >= 0.6 is 11.8 Å². The topological polar surface area (TPSA) is 76.7 Å². The lowest BCUT2D eigenvalue weighted by atomic mass is 9.96. The number of nitrogens with one attached hydrogen (secondary N) is 1. The minimum absolute atomic E-state index is 0.121. The monoisotopic (exact) mass is 307 g/mol. The number of aryl methyl sites for hydroxylation is 1. The lowest BCUT2D eigenvalue weighted by molar-refractivity contribution is 0.429. The van der Waals surface area contributed by atoms with E-state index in [1.807, 2.05) is 6.07 Å². The number of rotatable bonds is 5. The van der Waals surface area contributed by atoms with Crippen LogP contribution in [0.15, 0.2) is 20.7 Å². The van der Waals surface area contributed by atoms with Crippen LogP contribution in [-0.4, -0.2) is 26.7 Å². The highest BCUT2D eigenvalue weighted by Crippen LogP contribution is 2.29. The summed E-state index contributed by atoms with van der Waals surface area (Å²) in [7, 11) is 0. The smallest absolute Gasteiger partial charge is 0.282 e. The average Bonchev–Trinajstić information content (AvgIpc) is 2.80. The van der Waals surface area contributed by atoms with Crippen LogP contribution in [0.5, 0.6) is 0 Å². The minimum atomic E-state index is -0.121. The highest BCUT2D eigenvalue weighted by atomic mass is 32.2. The van der Waals surface area contributed by atoms with E-state index in [0.29, 0.717) is 11.1 Å². The Balaban J connectivity index is 2.30. The molecule has 2 heterocycles. The lowest BCUT2D eigenvalue weighted by Crippen LogP contribution is -2.17. The Hall–Kier alpha value is -1.63. The van der Waals surface area contributed by atoms with Crippen molar-refractivity contribution >= 4 is 17.6 Å². The summed E-state index contributed by atoms with van der Waals surface area (Å²) in [5.41, 5.74) is -0.121. The molecule has 2 aromatic heterocycles. The van der Waals surface area contributed by atoms with Gasteiger partial charge in [0.2, 0.25) is 5.89 Å². The van der Waals surface area contributed by atoms with Gasteiger partial charge in [-0.25, -0.2) is 9.97 Å². The summed E-state index contributed by atoms with van der Waals surface area (Å²) in [6.45, 7) is 11.1. The Kier molecular flexibility index (Phi) is 4.82. The van der Waals surface area contributed by atoms with Gasteiger partial charge in [-0.1, -0.05) is 27.7 Å². The first-order valence-electron chi connectivity index (χ1n) is 7.00. The molecule has 0 bridgehead atoms. The largest absolute Gasteiger partial charge is 0.416 e. The molecule has 0 spiro atoms. The van der Waals surface area contributed by atoms with Gasteiger partial charge < -0.3 is 9.73 Å². The van der Waals surface area contributed by atoms with Gasteiger partial charge in [0.25, 0.3) is 5.22 Å². The average molecular weight is 307 g/mol. The zero-order valence-corrected chi connectivity index (χ0v) is 13.9.